The minimum absolute atomic E-state index is 0.283. The lowest BCUT2D eigenvalue weighted by Gasteiger charge is -2.04. The van der Waals surface area contributed by atoms with Gasteiger partial charge in [-0.3, -0.25) is 0 Å². The number of hydrogen-bond donors (Lipinski definition) is 1. The average Bonchev–Trinajstić information content (AvgIpc) is 2.75. The number of nitrogens with one attached hydrogen (secondary N) is 1. The summed E-state index contributed by atoms with van der Waals surface area (Å²) in [5.41, 5.74) is 1.33. The highest BCUT2D eigenvalue weighted by Crippen LogP contribution is 2.24. The highest BCUT2D eigenvalue weighted by molar-refractivity contribution is 5.57. The van der Waals surface area contributed by atoms with Crippen molar-refractivity contribution in [3.63, 3.8) is 0 Å². The van der Waals surface area contributed by atoms with E-state index in [0.717, 1.165) is 5.56 Å². The molecule has 2 rings (SSSR count). The Labute approximate surface area is 106 Å². The fraction of sp³-hybridized carbons (Fsp3) is 0.357. The van der Waals surface area contributed by atoms with Gasteiger partial charge in [0.1, 0.15) is 5.82 Å². The third kappa shape index (κ3) is 2.96. The van der Waals surface area contributed by atoms with E-state index in [9.17, 15) is 4.39 Å². The zero-order valence-corrected chi connectivity index (χ0v) is 10.8. The smallest absolute Gasteiger partial charge is 0.208 e. The molecule has 18 heavy (non-hydrogen) atoms. The molecule has 96 valence electrons. The van der Waals surface area contributed by atoms with Gasteiger partial charge >= 0.3 is 0 Å². The van der Waals surface area contributed by atoms with Crippen molar-refractivity contribution >= 4 is 0 Å². The van der Waals surface area contributed by atoms with E-state index in [1.54, 1.807) is 12.3 Å². The molecule has 4 heteroatoms. The normalized spacial score (nSPS) is 11.2. The Kier molecular flexibility index (Phi) is 3.77. The van der Waals surface area contributed by atoms with Crippen LogP contribution in [0.5, 0.6) is 0 Å². The minimum Gasteiger partial charge on any atom is -0.439 e. The maximum Gasteiger partial charge on any atom is 0.208 e. The van der Waals surface area contributed by atoms with Crippen LogP contribution in [0.1, 0.15) is 25.3 Å². The van der Waals surface area contributed by atoms with Crippen molar-refractivity contribution in [3.8, 4) is 11.3 Å². The van der Waals surface area contributed by atoms with Gasteiger partial charge in [0.25, 0.3) is 0 Å². The first-order valence-corrected chi connectivity index (χ1v) is 6.01. The fourth-order valence-electron chi connectivity index (χ4n) is 1.63. The molecule has 0 saturated carbocycles. The molecule has 0 fully saturated rings. The summed E-state index contributed by atoms with van der Waals surface area (Å²) >= 11 is 0. The highest BCUT2D eigenvalue weighted by Gasteiger charge is 2.11. The zero-order chi connectivity index (χ0) is 13.1. The maximum atomic E-state index is 13.8. The van der Waals surface area contributed by atoms with Gasteiger partial charge in [-0.15, -0.1) is 0 Å². The molecule has 0 amide bonds. The van der Waals surface area contributed by atoms with Crippen molar-refractivity contribution in [3.05, 3.63) is 41.7 Å². The number of aryl methyl sites for hydroxylation is 1. The van der Waals surface area contributed by atoms with E-state index in [1.165, 1.54) is 6.07 Å². The van der Waals surface area contributed by atoms with Gasteiger partial charge in [0.05, 0.1) is 18.3 Å². The van der Waals surface area contributed by atoms with Gasteiger partial charge in [-0.25, -0.2) is 9.37 Å². The number of nitrogens with zero attached hydrogens (tertiary/aromatic N) is 1. The molecule has 0 bridgehead atoms. The monoisotopic (exact) mass is 248 g/mol. The highest BCUT2D eigenvalue weighted by atomic mass is 19.1. The van der Waals surface area contributed by atoms with Crippen LogP contribution in [0.2, 0.25) is 0 Å². The van der Waals surface area contributed by atoms with Gasteiger partial charge in [-0.2, -0.15) is 0 Å². The van der Waals surface area contributed by atoms with E-state index in [1.807, 2.05) is 26.8 Å². The first kappa shape index (κ1) is 12.8. The Morgan fingerprint density at radius 1 is 1.39 bits per heavy atom. The summed E-state index contributed by atoms with van der Waals surface area (Å²) in [6, 6.07) is 5.42. The summed E-state index contributed by atoms with van der Waals surface area (Å²) in [4.78, 5) is 4.13. The van der Waals surface area contributed by atoms with E-state index in [2.05, 4.69) is 10.3 Å². The number of hydrogen-bond acceptors (Lipinski definition) is 3. The maximum absolute atomic E-state index is 13.8. The van der Waals surface area contributed by atoms with Gasteiger partial charge in [-0.1, -0.05) is 19.9 Å². The summed E-state index contributed by atoms with van der Waals surface area (Å²) in [6.45, 7) is 6.49. The molecule has 2 aromatic rings. The lowest BCUT2D eigenvalue weighted by Crippen LogP contribution is -2.21. The predicted molar refractivity (Wildman–Crippen MR) is 68.6 cm³/mol. The Bertz CT molecular complexity index is 534. The predicted octanol–water partition coefficient (Wildman–Crippen LogP) is 3.29. The van der Waals surface area contributed by atoms with Gasteiger partial charge < -0.3 is 9.73 Å². The third-order valence-electron chi connectivity index (χ3n) is 2.61. The average molecular weight is 248 g/mol. The number of oxazole rings is 1. The first-order valence-electron chi connectivity index (χ1n) is 6.01. The van der Waals surface area contributed by atoms with E-state index >= 15 is 0 Å². The lowest BCUT2D eigenvalue weighted by atomic mass is 10.1. The van der Waals surface area contributed by atoms with Crippen molar-refractivity contribution in [1.29, 1.82) is 0 Å². The summed E-state index contributed by atoms with van der Waals surface area (Å²) in [6.07, 6.45) is 1.56. The molecule has 1 aromatic heterocycles. The van der Waals surface area contributed by atoms with Gasteiger partial charge in [0.15, 0.2) is 5.76 Å². The Balaban J connectivity index is 2.18. The molecule has 0 unspecified atom stereocenters. The van der Waals surface area contributed by atoms with Crippen molar-refractivity contribution in [2.24, 2.45) is 0 Å². The largest absolute Gasteiger partial charge is 0.439 e. The molecule has 0 aliphatic heterocycles. The molecular formula is C14H17FN2O. The van der Waals surface area contributed by atoms with E-state index < -0.39 is 0 Å². The van der Waals surface area contributed by atoms with E-state index in [-0.39, 0.29) is 5.82 Å². The standard InChI is InChI=1S/C14H17FN2O/c1-9(2)16-8-14-17-7-13(18-14)11-5-4-10(3)6-12(11)15/h4-7,9,16H,8H2,1-3H3. The van der Waals surface area contributed by atoms with Crippen LogP contribution < -0.4 is 5.32 Å². The van der Waals surface area contributed by atoms with Crippen molar-refractivity contribution < 1.29 is 8.81 Å². The second kappa shape index (κ2) is 5.31. The van der Waals surface area contributed by atoms with Crippen LogP contribution in [0, 0.1) is 12.7 Å². The molecule has 0 aliphatic carbocycles. The minimum atomic E-state index is -0.283. The number of rotatable bonds is 4. The molecule has 0 saturated heterocycles. The number of aromatic nitrogens is 1. The Morgan fingerprint density at radius 2 is 2.17 bits per heavy atom. The quantitative estimate of drug-likeness (QED) is 0.902. The number of benzene rings is 1. The molecular weight excluding hydrogens is 231 g/mol. The van der Waals surface area contributed by atoms with Crippen LogP contribution in [-0.4, -0.2) is 11.0 Å². The zero-order valence-electron chi connectivity index (χ0n) is 10.8. The molecule has 1 heterocycles. The second-order valence-electron chi connectivity index (χ2n) is 4.64. The summed E-state index contributed by atoms with van der Waals surface area (Å²) in [5.74, 6) is 0.751. The van der Waals surface area contributed by atoms with Gasteiger partial charge in [0, 0.05) is 6.04 Å². The van der Waals surface area contributed by atoms with Crippen molar-refractivity contribution in [2.75, 3.05) is 0 Å². The summed E-state index contributed by atoms with van der Waals surface area (Å²) < 4.78 is 19.3. The van der Waals surface area contributed by atoms with Crippen LogP contribution in [0.4, 0.5) is 4.39 Å². The SMILES string of the molecule is Cc1ccc(-c2cnc(CNC(C)C)o2)c(F)c1. The van der Waals surface area contributed by atoms with Crippen LogP contribution in [0.15, 0.2) is 28.8 Å². The molecule has 1 aromatic carbocycles. The molecule has 0 spiro atoms. The summed E-state index contributed by atoms with van der Waals surface area (Å²) in [7, 11) is 0. The summed E-state index contributed by atoms with van der Waals surface area (Å²) in [5, 5.41) is 3.20. The topological polar surface area (TPSA) is 38.1 Å². The van der Waals surface area contributed by atoms with Crippen LogP contribution in [0.25, 0.3) is 11.3 Å². The number of halogens is 1. The lowest BCUT2D eigenvalue weighted by molar-refractivity contribution is 0.457. The van der Waals surface area contributed by atoms with Crippen LogP contribution in [0.3, 0.4) is 0 Å². The van der Waals surface area contributed by atoms with Gasteiger partial charge in [0.2, 0.25) is 5.89 Å². The molecule has 1 N–H and O–H groups in total. The van der Waals surface area contributed by atoms with Crippen LogP contribution in [-0.2, 0) is 6.54 Å². The van der Waals surface area contributed by atoms with E-state index in [0.29, 0.717) is 29.8 Å². The molecule has 0 aliphatic rings. The Morgan fingerprint density at radius 3 is 2.83 bits per heavy atom. The third-order valence-corrected chi connectivity index (χ3v) is 2.61. The van der Waals surface area contributed by atoms with E-state index in [4.69, 9.17) is 4.42 Å². The van der Waals surface area contributed by atoms with Gasteiger partial charge in [-0.05, 0) is 24.6 Å². The molecule has 0 radical (unpaired) electrons. The first-order chi connectivity index (χ1) is 8.56. The molecule has 0 atom stereocenters. The Hall–Kier alpha value is -1.68. The second-order valence-corrected chi connectivity index (χ2v) is 4.64. The molecule has 3 nitrogen and oxygen atoms in total. The van der Waals surface area contributed by atoms with Crippen LogP contribution >= 0.6 is 0 Å². The fourth-order valence-corrected chi connectivity index (χ4v) is 1.63. The van der Waals surface area contributed by atoms with Crippen molar-refractivity contribution in [2.45, 2.75) is 33.4 Å². The van der Waals surface area contributed by atoms with Crippen molar-refractivity contribution in [1.82, 2.24) is 10.3 Å².